The van der Waals surface area contributed by atoms with Crippen molar-refractivity contribution in [3.05, 3.63) is 89.0 Å². The van der Waals surface area contributed by atoms with Gasteiger partial charge in [0.05, 0.1) is 6.61 Å². The van der Waals surface area contributed by atoms with E-state index in [9.17, 15) is 14.7 Å². The van der Waals surface area contributed by atoms with Crippen LogP contribution < -0.4 is 10.1 Å². The second-order valence-corrected chi connectivity index (χ2v) is 8.52. The van der Waals surface area contributed by atoms with E-state index in [0.717, 1.165) is 42.7 Å². The minimum atomic E-state index is -1.08. The Kier molecular flexibility index (Phi) is 9.66. The van der Waals surface area contributed by atoms with Crippen LogP contribution in [0.25, 0.3) is 0 Å². The highest BCUT2D eigenvalue weighted by Gasteiger charge is 2.21. The predicted octanol–water partition coefficient (Wildman–Crippen LogP) is 3.91. The summed E-state index contributed by atoms with van der Waals surface area (Å²) in [7, 11) is 0. The second-order valence-electron chi connectivity index (χ2n) is 8.52. The van der Waals surface area contributed by atoms with Gasteiger partial charge >= 0.3 is 5.97 Å². The summed E-state index contributed by atoms with van der Waals surface area (Å²) in [4.78, 5) is 32.6. The number of aliphatic carboxylic acids is 1. The Hall–Kier alpha value is -3.39. The third kappa shape index (κ3) is 7.55. The number of aromatic nitrogens is 2. The normalized spacial score (nSPS) is 13.1. The topological polar surface area (TPSA) is 101 Å². The van der Waals surface area contributed by atoms with Gasteiger partial charge in [-0.15, -0.1) is 0 Å². The average molecular weight is 494 g/mol. The van der Waals surface area contributed by atoms with E-state index in [-0.39, 0.29) is 19.9 Å². The van der Waals surface area contributed by atoms with E-state index in [1.165, 1.54) is 36.5 Å². The molecule has 7 nitrogen and oxygen atoms in total. The molecule has 2 heterocycles. The summed E-state index contributed by atoms with van der Waals surface area (Å²) in [6.07, 6.45) is 9.63. The van der Waals surface area contributed by atoms with E-state index in [2.05, 4.69) is 22.4 Å². The van der Waals surface area contributed by atoms with E-state index in [1.54, 1.807) is 12.1 Å². The van der Waals surface area contributed by atoms with Gasteiger partial charge in [0.15, 0.2) is 0 Å². The van der Waals surface area contributed by atoms with Crippen LogP contribution in [0, 0.1) is 0 Å². The summed E-state index contributed by atoms with van der Waals surface area (Å²) in [5.41, 5.74) is 4.95. The van der Waals surface area contributed by atoms with Crippen LogP contribution in [0.3, 0.4) is 0 Å². The molecule has 1 aliphatic carbocycles. The van der Waals surface area contributed by atoms with Crippen molar-refractivity contribution in [3.63, 3.8) is 0 Å². The quantitative estimate of drug-likeness (QED) is 0.416. The van der Waals surface area contributed by atoms with Gasteiger partial charge in [-0.2, -0.15) is 13.5 Å². The van der Waals surface area contributed by atoms with Gasteiger partial charge in [-0.25, -0.2) is 4.79 Å². The standard InChI is InChI=1S/C27H29N3O4.H2S/c31-26(21-13-15-28-16-14-21)30-25(27(32)33)18-19-7-11-23(12-8-19)34-17-3-5-22-10-9-20-4-1-2-6-24(20)29-22;/h7-16,25H,1-6,17-18H2,(H,30,31)(H,32,33);1H2/t25-;/m0./s1. The molecule has 1 atom stereocenters. The molecule has 1 amide bonds. The predicted molar refractivity (Wildman–Crippen MR) is 138 cm³/mol. The van der Waals surface area contributed by atoms with Crippen LogP contribution >= 0.6 is 13.5 Å². The molecule has 0 saturated carbocycles. The number of benzene rings is 1. The first-order valence-corrected chi connectivity index (χ1v) is 11.7. The van der Waals surface area contributed by atoms with Gasteiger partial charge in [0, 0.05) is 35.8 Å². The van der Waals surface area contributed by atoms with Crippen molar-refractivity contribution in [1.82, 2.24) is 15.3 Å². The zero-order valence-corrected chi connectivity index (χ0v) is 20.6. The monoisotopic (exact) mass is 493 g/mol. The van der Waals surface area contributed by atoms with E-state index in [1.807, 2.05) is 24.3 Å². The van der Waals surface area contributed by atoms with Crippen LogP contribution in [-0.2, 0) is 30.5 Å². The summed E-state index contributed by atoms with van der Waals surface area (Å²) >= 11 is 0. The molecule has 0 bridgehead atoms. The number of aryl methyl sites for hydroxylation is 3. The molecule has 1 aliphatic rings. The van der Waals surface area contributed by atoms with Crippen molar-refractivity contribution < 1.29 is 19.4 Å². The van der Waals surface area contributed by atoms with Gasteiger partial charge in [-0.3, -0.25) is 14.8 Å². The molecule has 1 aromatic carbocycles. The summed E-state index contributed by atoms with van der Waals surface area (Å²) in [6, 6.07) is 13.7. The molecule has 4 rings (SSSR count). The number of nitrogens with one attached hydrogen (secondary N) is 1. The lowest BCUT2D eigenvalue weighted by molar-refractivity contribution is -0.139. The Balaban J connectivity index is 0.00000342. The molecule has 0 aliphatic heterocycles. The molecule has 184 valence electrons. The highest BCUT2D eigenvalue weighted by molar-refractivity contribution is 7.59. The second kappa shape index (κ2) is 12.9. The Labute approximate surface area is 212 Å². The number of hydrogen-bond acceptors (Lipinski definition) is 5. The fourth-order valence-electron chi connectivity index (χ4n) is 4.11. The van der Waals surface area contributed by atoms with Crippen LogP contribution in [0.5, 0.6) is 5.75 Å². The summed E-state index contributed by atoms with van der Waals surface area (Å²) in [5.74, 6) is -0.795. The fourth-order valence-corrected chi connectivity index (χ4v) is 4.11. The van der Waals surface area contributed by atoms with Crippen LogP contribution in [-0.4, -0.2) is 39.6 Å². The molecule has 0 saturated heterocycles. The number of pyridine rings is 2. The van der Waals surface area contributed by atoms with Crippen LogP contribution in [0.1, 0.15) is 52.1 Å². The van der Waals surface area contributed by atoms with Gasteiger partial charge < -0.3 is 15.2 Å². The third-order valence-corrected chi connectivity index (χ3v) is 5.99. The maximum atomic E-state index is 12.3. The summed E-state index contributed by atoms with van der Waals surface area (Å²) < 4.78 is 5.85. The van der Waals surface area contributed by atoms with E-state index in [0.29, 0.717) is 12.2 Å². The van der Waals surface area contributed by atoms with Crippen LogP contribution in [0.2, 0.25) is 0 Å². The maximum Gasteiger partial charge on any atom is 0.326 e. The Bertz CT molecular complexity index is 1120. The molecule has 0 fully saturated rings. The lowest BCUT2D eigenvalue weighted by Gasteiger charge is -2.15. The SMILES string of the molecule is O=C(N[C@@H](Cc1ccc(OCCCc2ccc3c(n2)CCCC3)cc1)C(=O)O)c1ccncc1.S. The van der Waals surface area contributed by atoms with Crippen molar-refractivity contribution in [2.45, 2.75) is 51.0 Å². The number of fused-ring (bicyclic) bond motifs is 1. The van der Waals surface area contributed by atoms with Gasteiger partial charge in [-0.05, 0) is 80.0 Å². The number of hydrogen-bond donors (Lipinski definition) is 2. The number of rotatable bonds is 10. The zero-order chi connectivity index (χ0) is 23.8. The van der Waals surface area contributed by atoms with E-state index < -0.39 is 17.9 Å². The van der Waals surface area contributed by atoms with Gasteiger partial charge in [0.1, 0.15) is 11.8 Å². The van der Waals surface area contributed by atoms with Gasteiger partial charge in [0.25, 0.3) is 5.91 Å². The number of carbonyl (C=O) groups is 2. The summed E-state index contributed by atoms with van der Waals surface area (Å²) in [5, 5.41) is 12.1. The molecule has 0 radical (unpaired) electrons. The molecule has 3 aromatic rings. The van der Waals surface area contributed by atoms with Crippen molar-refractivity contribution in [2.24, 2.45) is 0 Å². The minimum absolute atomic E-state index is 0. The van der Waals surface area contributed by atoms with Crippen LogP contribution in [0.4, 0.5) is 0 Å². The van der Waals surface area contributed by atoms with Crippen molar-refractivity contribution in [1.29, 1.82) is 0 Å². The minimum Gasteiger partial charge on any atom is -0.494 e. The number of carboxylic acid groups (broad SMARTS) is 1. The molecule has 0 unspecified atom stereocenters. The first-order valence-electron chi connectivity index (χ1n) is 11.7. The Morgan fingerprint density at radius 1 is 1.00 bits per heavy atom. The molecule has 0 spiro atoms. The third-order valence-electron chi connectivity index (χ3n) is 5.99. The van der Waals surface area contributed by atoms with E-state index in [4.69, 9.17) is 9.72 Å². The number of carboxylic acids is 1. The molecule has 2 N–H and O–H groups in total. The lowest BCUT2D eigenvalue weighted by Crippen LogP contribution is -2.42. The number of carbonyl (C=O) groups excluding carboxylic acids is 1. The van der Waals surface area contributed by atoms with Crippen LogP contribution in [0.15, 0.2) is 60.9 Å². The highest BCUT2D eigenvalue weighted by atomic mass is 32.1. The maximum absolute atomic E-state index is 12.3. The van der Waals surface area contributed by atoms with Crippen molar-refractivity contribution >= 4 is 25.4 Å². The highest BCUT2D eigenvalue weighted by Crippen LogP contribution is 2.20. The van der Waals surface area contributed by atoms with Crippen molar-refractivity contribution in [2.75, 3.05) is 6.61 Å². The molecular weight excluding hydrogens is 462 g/mol. The summed E-state index contributed by atoms with van der Waals surface area (Å²) in [6.45, 7) is 0.581. The number of nitrogens with zero attached hydrogens (tertiary/aromatic N) is 2. The van der Waals surface area contributed by atoms with E-state index >= 15 is 0 Å². The fraction of sp³-hybridized carbons (Fsp3) is 0.333. The first-order chi connectivity index (χ1) is 16.6. The first kappa shape index (κ1) is 26.2. The largest absolute Gasteiger partial charge is 0.494 e. The smallest absolute Gasteiger partial charge is 0.326 e. The molecule has 35 heavy (non-hydrogen) atoms. The average Bonchev–Trinajstić information content (AvgIpc) is 2.87. The lowest BCUT2D eigenvalue weighted by atomic mass is 9.95. The molecule has 2 aromatic heterocycles. The zero-order valence-electron chi connectivity index (χ0n) is 19.6. The van der Waals surface area contributed by atoms with Gasteiger partial charge in [0.2, 0.25) is 0 Å². The molecule has 8 heteroatoms. The van der Waals surface area contributed by atoms with Crippen molar-refractivity contribution in [3.8, 4) is 5.75 Å². The Morgan fingerprint density at radius 2 is 1.74 bits per heavy atom. The number of amides is 1. The van der Waals surface area contributed by atoms with Gasteiger partial charge in [-0.1, -0.05) is 18.2 Å². The molecular formula is C27H31N3O4S. The Morgan fingerprint density at radius 3 is 2.49 bits per heavy atom. The number of ether oxygens (including phenoxy) is 1.